The monoisotopic (exact) mass is 282 g/mol. The summed E-state index contributed by atoms with van der Waals surface area (Å²) in [6.45, 7) is 0. The van der Waals surface area contributed by atoms with E-state index < -0.39 is 11.7 Å². The summed E-state index contributed by atoms with van der Waals surface area (Å²) in [5.41, 5.74) is -0.245. The van der Waals surface area contributed by atoms with Crippen molar-refractivity contribution >= 4 is 16.6 Å². The lowest BCUT2D eigenvalue weighted by Crippen LogP contribution is -2.26. The molecule has 21 heavy (non-hydrogen) atoms. The van der Waals surface area contributed by atoms with Gasteiger partial charge in [-0.25, -0.2) is 0 Å². The number of carbonyl (C=O) groups is 1. The summed E-state index contributed by atoms with van der Waals surface area (Å²) in [5.74, 6) is -4.73. The van der Waals surface area contributed by atoms with Crippen molar-refractivity contribution in [1.29, 1.82) is 0 Å². The van der Waals surface area contributed by atoms with E-state index in [2.05, 4.69) is 0 Å². The van der Waals surface area contributed by atoms with E-state index in [-0.39, 0.29) is 11.1 Å². The van der Waals surface area contributed by atoms with Crippen LogP contribution in [0.1, 0.15) is 15.9 Å². The molecule has 3 aromatic rings. The average Bonchev–Trinajstić information content (AvgIpc) is 2.54. The fourth-order valence-electron chi connectivity index (χ4n) is 2.39. The van der Waals surface area contributed by atoms with Crippen molar-refractivity contribution in [3.05, 3.63) is 83.9 Å². The van der Waals surface area contributed by atoms with Gasteiger partial charge in [0.05, 0.1) is 0 Å². The van der Waals surface area contributed by atoms with E-state index in [1.165, 1.54) is 18.2 Å². The summed E-state index contributed by atoms with van der Waals surface area (Å²) in [4.78, 5) is 12.2. The molecule has 0 bridgehead atoms. The van der Waals surface area contributed by atoms with Crippen molar-refractivity contribution < 1.29 is 13.6 Å². The summed E-state index contributed by atoms with van der Waals surface area (Å²) in [6.07, 6.45) is 0. The van der Waals surface area contributed by atoms with E-state index in [1.54, 1.807) is 54.6 Å². The van der Waals surface area contributed by atoms with Gasteiger partial charge in [-0.05, 0) is 10.8 Å². The van der Waals surface area contributed by atoms with Gasteiger partial charge in [-0.1, -0.05) is 72.8 Å². The molecule has 0 radical (unpaired) electrons. The zero-order chi connectivity index (χ0) is 14.9. The molecule has 0 N–H and O–H groups in total. The van der Waals surface area contributed by atoms with Crippen LogP contribution in [0.5, 0.6) is 0 Å². The third-order valence-electron chi connectivity index (χ3n) is 3.45. The van der Waals surface area contributed by atoms with Crippen LogP contribution < -0.4 is 0 Å². The Labute approximate surface area is 120 Å². The van der Waals surface area contributed by atoms with Crippen LogP contribution in [-0.2, 0) is 5.92 Å². The number of halogens is 2. The van der Waals surface area contributed by atoms with Crippen LogP contribution in [0.25, 0.3) is 10.8 Å². The molecular weight excluding hydrogens is 270 g/mol. The first-order valence-electron chi connectivity index (χ1n) is 6.56. The molecule has 3 aromatic carbocycles. The number of ketones is 1. The second kappa shape index (κ2) is 5.09. The van der Waals surface area contributed by atoms with Crippen molar-refractivity contribution in [2.45, 2.75) is 5.92 Å². The van der Waals surface area contributed by atoms with Gasteiger partial charge < -0.3 is 0 Å². The zero-order valence-electron chi connectivity index (χ0n) is 11.1. The minimum Gasteiger partial charge on any atom is -0.287 e. The smallest absolute Gasteiger partial charge is 0.287 e. The highest BCUT2D eigenvalue weighted by Gasteiger charge is 2.42. The molecule has 0 saturated heterocycles. The molecule has 0 fully saturated rings. The van der Waals surface area contributed by atoms with E-state index in [0.717, 1.165) is 0 Å². The van der Waals surface area contributed by atoms with Crippen molar-refractivity contribution in [1.82, 2.24) is 0 Å². The largest absolute Gasteiger partial charge is 0.335 e. The van der Waals surface area contributed by atoms with Crippen LogP contribution in [0.15, 0.2) is 72.8 Å². The first-order chi connectivity index (χ1) is 10.1. The topological polar surface area (TPSA) is 17.1 Å². The van der Waals surface area contributed by atoms with Gasteiger partial charge in [0.25, 0.3) is 0 Å². The van der Waals surface area contributed by atoms with Crippen molar-refractivity contribution in [3.8, 4) is 0 Å². The summed E-state index contributed by atoms with van der Waals surface area (Å²) in [5, 5.41) is 1.09. The Kier molecular flexibility index (Phi) is 3.26. The quantitative estimate of drug-likeness (QED) is 0.630. The van der Waals surface area contributed by atoms with Crippen LogP contribution in [0, 0.1) is 0 Å². The molecule has 0 aromatic heterocycles. The number of hydrogen-bond donors (Lipinski definition) is 0. The molecule has 0 heterocycles. The summed E-state index contributed by atoms with van der Waals surface area (Å²) >= 11 is 0. The van der Waals surface area contributed by atoms with Crippen LogP contribution in [-0.4, -0.2) is 5.78 Å². The second-order valence-corrected chi connectivity index (χ2v) is 4.80. The Morgan fingerprint density at radius 3 is 2.14 bits per heavy atom. The Morgan fingerprint density at radius 1 is 0.762 bits per heavy atom. The molecule has 0 unspecified atom stereocenters. The van der Waals surface area contributed by atoms with Crippen LogP contribution in [0.4, 0.5) is 8.78 Å². The van der Waals surface area contributed by atoms with Crippen molar-refractivity contribution in [2.75, 3.05) is 0 Å². The fraction of sp³-hybridized carbons (Fsp3) is 0.0556. The number of hydrogen-bond acceptors (Lipinski definition) is 1. The van der Waals surface area contributed by atoms with E-state index >= 15 is 0 Å². The predicted octanol–water partition coefficient (Wildman–Crippen LogP) is 4.81. The normalized spacial score (nSPS) is 11.5. The minimum atomic E-state index is -3.55. The number of Topliss-reactive ketones (excluding diaryl/α,β-unsaturated/α-hetero) is 1. The Bertz CT molecular complexity index is 789. The van der Waals surface area contributed by atoms with Gasteiger partial charge in [-0.2, -0.15) is 8.78 Å². The lowest BCUT2D eigenvalue weighted by molar-refractivity contribution is 0.00837. The van der Waals surface area contributed by atoms with Gasteiger partial charge in [-0.15, -0.1) is 0 Å². The first-order valence-corrected chi connectivity index (χ1v) is 6.56. The third kappa shape index (κ3) is 2.31. The number of alkyl halides is 2. The van der Waals surface area contributed by atoms with Crippen LogP contribution >= 0.6 is 0 Å². The molecule has 104 valence electrons. The van der Waals surface area contributed by atoms with Gasteiger partial charge >= 0.3 is 5.92 Å². The molecule has 0 atom stereocenters. The van der Waals surface area contributed by atoms with Gasteiger partial charge in [-0.3, -0.25) is 4.79 Å². The van der Waals surface area contributed by atoms with Gasteiger partial charge in [0.2, 0.25) is 5.78 Å². The molecule has 0 aliphatic carbocycles. The summed E-state index contributed by atoms with van der Waals surface area (Å²) in [7, 11) is 0. The van der Waals surface area contributed by atoms with E-state index in [9.17, 15) is 13.6 Å². The molecule has 0 saturated carbocycles. The van der Waals surface area contributed by atoms with Crippen molar-refractivity contribution in [3.63, 3.8) is 0 Å². The average molecular weight is 282 g/mol. The highest BCUT2D eigenvalue weighted by Crippen LogP contribution is 2.36. The molecule has 0 amide bonds. The maximum absolute atomic E-state index is 14.6. The fourth-order valence-corrected chi connectivity index (χ4v) is 2.39. The van der Waals surface area contributed by atoms with E-state index in [4.69, 9.17) is 0 Å². The number of fused-ring (bicyclic) bond motifs is 1. The molecule has 3 rings (SSSR count). The summed E-state index contributed by atoms with van der Waals surface area (Å²) in [6, 6.07) is 19.1. The predicted molar refractivity (Wildman–Crippen MR) is 78.6 cm³/mol. The molecule has 1 nitrogen and oxygen atoms in total. The third-order valence-corrected chi connectivity index (χ3v) is 3.45. The van der Waals surface area contributed by atoms with E-state index in [0.29, 0.717) is 10.8 Å². The Balaban J connectivity index is 2.14. The van der Waals surface area contributed by atoms with Gasteiger partial charge in [0, 0.05) is 11.1 Å². The molecule has 0 aliphatic heterocycles. The maximum atomic E-state index is 14.6. The zero-order valence-corrected chi connectivity index (χ0v) is 11.1. The molecule has 3 heteroatoms. The number of carbonyl (C=O) groups excluding carboxylic acids is 1. The lowest BCUT2D eigenvalue weighted by atomic mass is 9.94. The lowest BCUT2D eigenvalue weighted by Gasteiger charge is -2.17. The van der Waals surface area contributed by atoms with Gasteiger partial charge in [0.15, 0.2) is 0 Å². The molecule has 0 aliphatic rings. The maximum Gasteiger partial charge on any atom is 0.335 e. The molecular formula is C18H12F2O. The van der Waals surface area contributed by atoms with Gasteiger partial charge in [0.1, 0.15) is 0 Å². The number of rotatable bonds is 3. The molecule has 0 spiro atoms. The first kappa shape index (κ1) is 13.4. The van der Waals surface area contributed by atoms with Crippen LogP contribution in [0.3, 0.4) is 0 Å². The Morgan fingerprint density at radius 2 is 1.38 bits per heavy atom. The summed E-state index contributed by atoms with van der Waals surface area (Å²) < 4.78 is 29.2. The Hall–Kier alpha value is -2.55. The standard InChI is InChI=1S/C18H12F2O/c19-18(20,17(21)14-8-2-1-3-9-14)16-12-6-10-13-7-4-5-11-15(13)16/h1-12H. The minimum absolute atomic E-state index is 0.00966. The highest BCUT2D eigenvalue weighted by molar-refractivity contribution is 6.04. The van der Waals surface area contributed by atoms with E-state index in [1.807, 2.05) is 0 Å². The second-order valence-electron chi connectivity index (χ2n) is 4.80. The van der Waals surface area contributed by atoms with Crippen molar-refractivity contribution in [2.24, 2.45) is 0 Å². The number of benzene rings is 3. The van der Waals surface area contributed by atoms with Crippen LogP contribution in [0.2, 0.25) is 0 Å². The SMILES string of the molecule is O=C(c1ccccc1)C(F)(F)c1cccc2ccccc12. The highest BCUT2D eigenvalue weighted by atomic mass is 19.3.